The van der Waals surface area contributed by atoms with Gasteiger partial charge in [-0.3, -0.25) is 9.59 Å². The Bertz CT molecular complexity index is 236. The molecular weight excluding hydrogens is 182 g/mol. The van der Waals surface area contributed by atoms with Crippen LogP contribution in [0.25, 0.3) is 0 Å². The molecular formula is C10H17NO3. The first-order valence-corrected chi connectivity index (χ1v) is 4.67. The number of nitrogens with two attached hydrogens (primary N) is 1. The summed E-state index contributed by atoms with van der Waals surface area (Å²) in [4.78, 5) is 21.6. The van der Waals surface area contributed by atoms with E-state index < -0.39 is 23.7 Å². The fraction of sp³-hybridized carbons (Fsp3) is 0.600. The number of rotatable bonds is 6. The third kappa shape index (κ3) is 4.07. The number of carboxylic acid groups (broad SMARTS) is 1. The van der Waals surface area contributed by atoms with Crippen molar-refractivity contribution in [3.63, 3.8) is 0 Å². The fourth-order valence-electron chi connectivity index (χ4n) is 1.13. The first-order valence-electron chi connectivity index (χ1n) is 4.67. The summed E-state index contributed by atoms with van der Waals surface area (Å²) in [6.07, 6.45) is 4.87. The number of carboxylic acids is 1. The Morgan fingerprint density at radius 1 is 1.43 bits per heavy atom. The first-order chi connectivity index (χ1) is 6.50. The zero-order valence-electron chi connectivity index (χ0n) is 8.56. The van der Waals surface area contributed by atoms with Crippen molar-refractivity contribution in [3.8, 4) is 0 Å². The zero-order valence-corrected chi connectivity index (χ0v) is 8.56. The smallest absolute Gasteiger partial charge is 0.307 e. The monoisotopic (exact) mass is 199 g/mol. The fourth-order valence-corrected chi connectivity index (χ4v) is 1.13. The second kappa shape index (κ2) is 6.18. The maximum atomic E-state index is 10.8. The van der Waals surface area contributed by atoms with E-state index in [-0.39, 0.29) is 0 Å². The Morgan fingerprint density at radius 2 is 2.00 bits per heavy atom. The average molecular weight is 199 g/mol. The molecule has 80 valence electrons. The molecule has 0 rings (SSSR count). The lowest BCUT2D eigenvalue weighted by Crippen LogP contribution is -2.32. The molecule has 0 aromatic heterocycles. The van der Waals surface area contributed by atoms with Gasteiger partial charge in [-0.25, -0.2) is 0 Å². The molecule has 0 aliphatic rings. The van der Waals surface area contributed by atoms with Crippen molar-refractivity contribution in [1.29, 1.82) is 0 Å². The highest BCUT2D eigenvalue weighted by Crippen LogP contribution is 2.16. The minimum Gasteiger partial charge on any atom is -0.481 e. The molecule has 1 amide bonds. The van der Waals surface area contributed by atoms with E-state index in [9.17, 15) is 9.59 Å². The van der Waals surface area contributed by atoms with Gasteiger partial charge in [0.1, 0.15) is 0 Å². The van der Waals surface area contributed by atoms with Gasteiger partial charge in [-0.15, -0.1) is 0 Å². The summed E-state index contributed by atoms with van der Waals surface area (Å²) in [5.41, 5.74) is 5.05. The lowest BCUT2D eigenvalue weighted by Gasteiger charge is -2.14. The number of amides is 1. The molecule has 4 nitrogen and oxygen atoms in total. The molecule has 0 aliphatic heterocycles. The minimum atomic E-state index is -0.975. The van der Waals surface area contributed by atoms with E-state index in [0.717, 1.165) is 6.42 Å². The van der Waals surface area contributed by atoms with E-state index in [1.54, 1.807) is 13.0 Å². The second-order valence-corrected chi connectivity index (χ2v) is 3.25. The summed E-state index contributed by atoms with van der Waals surface area (Å²) in [5.74, 6) is -2.89. The quantitative estimate of drug-likeness (QED) is 0.630. The van der Waals surface area contributed by atoms with E-state index >= 15 is 0 Å². The SMILES string of the molecule is CCC=CCC(C(=O)O)C(C)C(N)=O. The normalized spacial score (nSPS) is 15.3. The molecule has 0 saturated carbocycles. The summed E-state index contributed by atoms with van der Waals surface area (Å²) in [5, 5.41) is 8.85. The standard InChI is InChI=1S/C10H17NO3/c1-3-4-5-6-8(10(13)14)7(2)9(11)12/h4-5,7-8H,3,6H2,1-2H3,(H2,11,12)(H,13,14). The van der Waals surface area contributed by atoms with Gasteiger partial charge in [0.05, 0.1) is 5.92 Å². The Kier molecular flexibility index (Phi) is 5.60. The summed E-state index contributed by atoms with van der Waals surface area (Å²) in [6, 6.07) is 0. The van der Waals surface area contributed by atoms with E-state index in [1.807, 2.05) is 13.0 Å². The van der Waals surface area contributed by atoms with E-state index in [2.05, 4.69) is 0 Å². The molecule has 0 aliphatic carbocycles. The number of allylic oxidation sites excluding steroid dienone is 2. The zero-order chi connectivity index (χ0) is 11.1. The van der Waals surface area contributed by atoms with Crippen LogP contribution in [0, 0.1) is 11.8 Å². The van der Waals surface area contributed by atoms with Gasteiger partial charge < -0.3 is 10.8 Å². The van der Waals surface area contributed by atoms with Gasteiger partial charge in [-0.05, 0) is 12.8 Å². The largest absolute Gasteiger partial charge is 0.481 e. The van der Waals surface area contributed by atoms with Gasteiger partial charge in [0.15, 0.2) is 0 Å². The van der Waals surface area contributed by atoms with Crippen LogP contribution in [-0.4, -0.2) is 17.0 Å². The molecule has 0 heterocycles. The van der Waals surface area contributed by atoms with Crippen LogP contribution in [0.15, 0.2) is 12.2 Å². The van der Waals surface area contributed by atoms with Crippen LogP contribution in [0.2, 0.25) is 0 Å². The van der Waals surface area contributed by atoms with Crippen LogP contribution < -0.4 is 5.73 Å². The van der Waals surface area contributed by atoms with Crippen LogP contribution in [0.3, 0.4) is 0 Å². The topological polar surface area (TPSA) is 80.4 Å². The molecule has 0 saturated heterocycles. The molecule has 0 aromatic rings. The van der Waals surface area contributed by atoms with Crippen molar-refractivity contribution in [2.75, 3.05) is 0 Å². The van der Waals surface area contributed by atoms with Crippen molar-refractivity contribution in [3.05, 3.63) is 12.2 Å². The molecule has 2 atom stereocenters. The molecule has 0 bridgehead atoms. The number of carbonyl (C=O) groups is 2. The summed E-state index contributed by atoms with van der Waals surface area (Å²) in [7, 11) is 0. The summed E-state index contributed by atoms with van der Waals surface area (Å²) in [6.45, 7) is 3.50. The van der Waals surface area contributed by atoms with Crippen molar-refractivity contribution in [2.24, 2.45) is 17.6 Å². The summed E-state index contributed by atoms with van der Waals surface area (Å²) < 4.78 is 0. The molecule has 4 heteroatoms. The van der Waals surface area contributed by atoms with Gasteiger partial charge >= 0.3 is 5.97 Å². The van der Waals surface area contributed by atoms with Gasteiger partial charge in [-0.2, -0.15) is 0 Å². The maximum absolute atomic E-state index is 10.8. The molecule has 3 N–H and O–H groups in total. The van der Waals surface area contributed by atoms with E-state index in [1.165, 1.54) is 0 Å². The van der Waals surface area contributed by atoms with Crippen LogP contribution >= 0.6 is 0 Å². The highest BCUT2D eigenvalue weighted by molar-refractivity contribution is 5.83. The van der Waals surface area contributed by atoms with Crippen molar-refractivity contribution >= 4 is 11.9 Å². The Morgan fingerprint density at radius 3 is 2.36 bits per heavy atom. The van der Waals surface area contributed by atoms with Gasteiger partial charge in [0.25, 0.3) is 0 Å². The molecule has 14 heavy (non-hydrogen) atoms. The third-order valence-corrected chi connectivity index (χ3v) is 2.16. The van der Waals surface area contributed by atoms with Crippen LogP contribution in [0.1, 0.15) is 26.7 Å². The number of hydrogen-bond donors (Lipinski definition) is 2. The number of carbonyl (C=O) groups excluding carboxylic acids is 1. The molecule has 2 unspecified atom stereocenters. The highest BCUT2D eigenvalue weighted by atomic mass is 16.4. The third-order valence-electron chi connectivity index (χ3n) is 2.16. The van der Waals surface area contributed by atoms with Crippen LogP contribution in [0.4, 0.5) is 0 Å². The Labute approximate surface area is 83.8 Å². The van der Waals surface area contributed by atoms with E-state index in [0.29, 0.717) is 6.42 Å². The molecule has 0 fully saturated rings. The molecule has 0 aromatic carbocycles. The van der Waals surface area contributed by atoms with E-state index in [4.69, 9.17) is 10.8 Å². The van der Waals surface area contributed by atoms with Gasteiger partial charge in [0.2, 0.25) is 5.91 Å². The predicted octanol–water partition coefficient (Wildman–Crippen LogP) is 1.16. The average Bonchev–Trinajstić information content (AvgIpc) is 2.10. The Hall–Kier alpha value is -1.32. The first kappa shape index (κ1) is 12.7. The number of hydrogen-bond acceptors (Lipinski definition) is 2. The van der Waals surface area contributed by atoms with Crippen molar-refractivity contribution < 1.29 is 14.7 Å². The highest BCUT2D eigenvalue weighted by Gasteiger charge is 2.27. The maximum Gasteiger partial charge on any atom is 0.307 e. The minimum absolute atomic E-state index is 0.354. The predicted molar refractivity (Wildman–Crippen MR) is 53.5 cm³/mol. The number of primary amides is 1. The van der Waals surface area contributed by atoms with Gasteiger partial charge in [0, 0.05) is 5.92 Å². The number of aliphatic carboxylic acids is 1. The van der Waals surface area contributed by atoms with Crippen molar-refractivity contribution in [1.82, 2.24) is 0 Å². The second-order valence-electron chi connectivity index (χ2n) is 3.25. The lowest BCUT2D eigenvalue weighted by molar-refractivity contribution is -0.146. The van der Waals surface area contributed by atoms with Crippen LogP contribution in [0.5, 0.6) is 0 Å². The summed E-state index contributed by atoms with van der Waals surface area (Å²) >= 11 is 0. The van der Waals surface area contributed by atoms with Crippen molar-refractivity contribution in [2.45, 2.75) is 26.7 Å². The lowest BCUT2D eigenvalue weighted by atomic mass is 9.90. The van der Waals surface area contributed by atoms with Crippen LogP contribution in [-0.2, 0) is 9.59 Å². The molecule has 0 radical (unpaired) electrons. The Balaban J connectivity index is 4.37. The van der Waals surface area contributed by atoms with Gasteiger partial charge in [-0.1, -0.05) is 26.0 Å². The molecule has 0 spiro atoms.